The van der Waals surface area contributed by atoms with E-state index in [2.05, 4.69) is 84.1 Å². The molecular weight excluding hydrogens is 498 g/mol. The zero-order valence-electron chi connectivity index (χ0n) is 31.1. The van der Waals surface area contributed by atoms with Gasteiger partial charge in [0.1, 0.15) is 0 Å². The molecule has 0 aromatic heterocycles. The molecule has 0 heterocycles. The minimum atomic E-state index is 0.841. The van der Waals surface area contributed by atoms with Crippen molar-refractivity contribution in [3.05, 3.63) is 85.8 Å². The lowest BCUT2D eigenvalue weighted by atomic mass is 10.0. The van der Waals surface area contributed by atoms with Crippen molar-refractivity contribution in [3.8, 4) is 0 Å². The topological polar surface area (TPSA) is 50.1 Å². The van der Waals surface area contributed by atoms with E-state index in [4.69, 9.17) is 5.73 Å². The summed E-state index contributed by atoms with van der Waals surface area (Å²) in [4.78, 5) is 0. The second-order valence-electron chi connectivity index (χ2n) is 8.09. The van der Waals surface area contributed by atoms with E-state index in [0.717, 1.165) is 30.9 Å². The van der Waals surface area contributed by atoms with Crippen LogP contribution in [0, 0.1) is 5.92 Å². The summed E-state index contributed by atoms with van der Waals surface area (Å²) in [5, 5.41) is 5.95. The lowest BCUT2D eigenvalue weighted by molar-refractivity contribution is 0.532. The Labute approximate surface area is 263 Å². The fraction of sp³-hybridized carbons (Fsp3) is 0.632. The van der Waals surface area contributed by atoms with Crippen molar-refractivity contribution >= 4 is 0 Å². The number of hydrogen-bond donors (Lipinski definition) is 3. The van der Waals surface area contributed by atoms with Gasteiger partial charge in [-0.15, -0.1) is 6.58 Å². The maximum absolute atomic E-state index is 5.23. The van der Waals surface area contributed by atoms with Crippen molar-refractivity contribution in [2.24, 2.45) is 11.7 Å². The average Bonchev–Trinajstić information content (AvgIpc) is 2.99. The summed E-state index contributed by atoms with van der Waals surface area (Å²) in [6, 6.07) is 0. The minimum absolute atomic E-state index is 0.841. The van der Waals surface area contributed by atoms with Crippen LogP contribution in [0.4, 0.5) is 0 Å². The van der Waals surface area contributed by atoms with Crippen molar-refractivity contribution in [3.63, 3.8) is 0 Å². The molecule has 0 saturated carbocycles. The van der Waals surface area contributed by atoms with E-state index in [0.29, 0.717) is 0 Å². The van der Waals surface area contributed by atoms with Gasteiger partial charge < -0.3 is 16.4 Å². The van der Waals surface area contributed by atoms with Crippen molar-refractivity contribution in [1.29, 1.82) is 0 Å². The van der Waals surface area contributed by atoms with E-state index < -0.39 is 0 Å². The Hall–Kier alpha value is -2.26. The zero-order chi connectivity index (χ0) is 34.2. The molecule has 0 rings (SSSR count). The molecule has 0 spiro atoms. The lowest BCUT2D eigenvalue weighted by Crippen LogP contribution is -2.04. The van der Waals surface area contributed by atoms with Gasteiger partial charge in [0.15, 0.2) is 0 Å². The van der Waals surface area contributed by atoms with Crippen LogP contribution in [-0.2, 0) is 0 Å². The Bertz CT molecular complexity index is 524. The maximum Gasteiger partial charge on any atom is 0.00277 e. The van der Waals surface area contributed by atoms with Gasteiger partial charge in [-0.1, -0.05) is 151 Å². The zero-order valence-corrected chi connectivity index (χ0v) is 31.1. The fourth-order valence-corrected chi connectivity index (χ4v) is 2.16. The Balaban J connectivity index is -0.0000000563. The highest BCUT2D eigenvalue weighted by molar-refractivity contribution is 5.22. The molecule has 0 fully saturated rings. The Morgan fingerprint density at radius 1 is 0.878 bits per heavy atom. The first-order chi connectivity index (χ1) is 19.8. The monoisotopic (exact) mass is 580 g/mol. The van der Waals surface area contributed by atoms with Crippen LogP contribution in [-0.4, -0.2) is 20.6 Å². The summed E-state index contributed by atoms with van der Waals surface area (Å²) in [6.07, 6.45) is 25.4. The van der Waals surface area contributed by atoms with Crippen LogP contribution in [0.3, 0.4) is 0 Å². The molecule has 0 aliphatic heterocycles. The lowest BCUT2D eigenvalue weighted by Gasteiger charge is -2.03. The van der Waals surface area contributed by atoms with Crippen LogP contribution in [0.1, 0.15) is 135 Å². The second kappa shape index (κ2) is 76.9. The van der Waals surface area contributed by atoms with Gasteiger partial charge in [0.25, 0.3) is 0 Å². The first kappa shape index (κ1) is 58.4. The largest absolute Gasteiger partial charge is 0.405 e. The molecule has 0 aromatic carbocycles. The number of nitrogens with one attached hydrogen (secondary N) is 2. The molecule has 41 heavy (non-hydrogen) atoms. The second-order valence-corrected chi connectivity index (χ2v) is 8.09. The van der Waals surface area contributed by atoms with E-state index in [1.54, 1.807) is 6.08 Å². The first-order valence-corrected chi connectivity index (χ1v) is 16.4. The van der Waals surface area contributed by atoms with E-state index in [-0.39, 0.29) is 0 Å². The predicted octanol–water partition coefficient (Wildman–Crippen LogP) is 12.3. The number of rotatable bonds is 13. The van der Waals surface area contributed by atoms with Crippen LogP contribution >= 0.6 is 0 Å². The molecule has 0 saturated heterocycles. The van der Waals surface area contributed by atoms with Crippen molar-refractivity contribution in [2.45, 2.75) is 135 Å². The van der Waals surface area contributed by atoms with E-state index in [1.807, 2.05) is 93.1 Å². The van der Waals surface area contributed by atoms with Crippen LogP contribution < -0.4 is 16.4 Å². The summed E-state index contributed by atoms with van der Waals surface area (Å²) in [7, 11) is 3.84. The Morgan fingerprint density at radius 3 is 1.66 bits per heavy atom. The van der Waals surface area contributed by atoms with Gasteiger partial charge in [-0.25, -0.2) is 0 Å². The molecule has 0 amide bonds. The summed E-state index contributed by atoms with van der Waals surface area (Å²) in [5.41, 5.74) is 7.45. The van der Waals surface area contributed by atoms with Gasteiger partial charge >= 0.3 is 0 Å². The van der Waals surface area contributed by atoms with Gasteiger partial charge in [-0.3, -0.25) is 0 Å². The Kier molecular flexibility index (Phi) is 110. The first-order valence-electron chi connectivity index (χ1n) is 16.4. The SMILES string of the molecule is C=C(/C=C\N)C/C=C(C)\C=C/NC.C=C/C=C\CC.C=CCC(C)CCC.CC.CC.CC.CCC.CCCNC. The van der Waals surface area contributed by atoms with Crippen molar-refractivity contribution < 1.29 is 0 Å². The maximum atomic E-state index is 5.23. The van der Waals surface area contributed by atoms with E-state index in [9.17, 15) is 0 Å². The quantitative estimate of drug-likeness (QED) is 0.150. The average molecular weight is 580 g/mol. The van der Waals surface area contributed by atoms with Crippen LogP contribution in [0.2, 0.25) is 0 Å². The number of allylic oxidation sites excluding steroid dienone is 9. The fourth-order valence-electron chi connectivity index (χ4n) is 2.16. The molecule has 3 heteroatoms. The predicted molar refractivity (Wildman–Crippen MR) is 202 cm³/mol. The van der Waals surface area contributed by atoms with Crippen molar-refractivity contribution in [1.82, 2.24) is 10.6 Å². The van der Waals surface area contributed by atoms with Crippen LogP contribution in [0.15, 0.2) is 85.8 Å². The van der Waals surface area contributed by atoms with E-state index in [1.165, 1.54) is 43.9 Å². The molecule has 3 nitrogen and oxygen atoms in total. The summed E-state index contributed by atoms with van der Waals surface area (Å²) < 4.78 is 0. The highest BCUT2D eigenvalue weighted by Crippen LogP contribution is 2.08. The Morgan fingerprint density at radius 2 is 1.39 bits per heavy atom. The highest BCUT2D eigenvalue weighted by Gasteiger charge is 1.94. The molecule has 0 aromatic rings. The molecule has 0 aliphatic carbocycles. The third kappa shape index (κ3) is 112. The van der Waals surface area contributed by atoms with Gasteiger partial charge in [0, 0.05) is 7.05 Å². The standard InChI is InChI=1S/C11H18N2.C8H16.C6H10.C4H11N.C3H8.3C2H6/c1-10(6-8-12)4-5-11(2)7-9-13-3;1-4-6-8(3)7-5-2;1-3-5-6-4-2;1-3-4-5-2;1-3-2;3*1-2/h5-9,13H,1,4,12H2,2-3H3;4,8H,1,5-7H2,2-3H3;3,5-6H,1,4H2,2H3;5H,3-4H2,1-2H3;3H2,1-2H3;3*1-2H3/b8-6-,9-7-,11-5-;;6-5-;;;;;. The summed E-state index contributed by atoms with van der Waals surface area (Å²) in [6.45, 7) is 39.2. The smallest absolute Gasteiger partial charge is 0.00277 e. The normalized spacial score (nSPS) is 9.88. The molecule has 0 radical (unpaired) electrons. The third-order valence-electron chi connectivity index (χ3n) is 3.89. The number of nitrogens with two attached hydrogens (primary N) is 1. The van der Waals surface area contributed by atoms with Gasteiger partial charge in [0.05, 0.1) is 0 Å². The van der Waals surface area contributed by atoms with Crippen molar-refractivity contribution in [2.75, 3.05) is 20.6 Å². The molecule has 4 N–H and O–H groups in total. The van der Waals surface area contributed by atoms with Crippen LogP contribution in [0.5, 0.6) is 0 Å². The molecule has 1 atom stereocenters. The van der Waals surface area contributed by atoms with Gasteiger partial charge in [-0.05, 0) is 82.2 Å². The van der Waals surface area contributed by atoms with Crippen LogP contribution in [0.25, 0.3) is 0 Å². The molecule has 1 unspecified atom stereocenters. The summed E-state index contributed by atoms with van der Waals surface area (Å²) in [5.74, 6) is 0.845. The number of hydrogen-bond acceptors (Lipinski definition) is 3. The van der Waals surface area contributed by atoms with Gasteiger partial charge in [-0.2, -0.15) is 0 Å². The van der Waals surface area contributed by atoms with Gasteiger partial charge in [0.2, 0.25) is 0 Å². The molecule has 248 valence electrons. The molecule has 0 bridgehead atoms. The minimum Gasteiger partial charge on any atom is -0.405 e. The highest BCUT2D eigenvalue weighted by atomic mass is 14.8. The summed E-state index contributed by atoms with van der Waals surface area (Å²) >= 11 is 0. The molecule has 0 aliphatic rings. The third-order valence-corrected chi connectivity index (χ3v) is 3.89. The molecular formula is C38H81N3. The van der Waals surface area contributed by atoms with E-state index >= 15 is 0 Å².